The zero-order valence-electron chi connectivity index (χ0n) is 38.5. The van der Waals surface area contributed by atoms with E-state index in [9.17, 15) is 14.4 Å². The van der Waals surface area contributed by atoms with E-state index in [4.69, 9.17) is 14.2 Å². The highest BCUT2D eigenvalue weighted by atomic mass is 16.5. The fourth-order valence-corrected chi connectivity index (χ4v) is 7.51. The Balaban J connectivity index is 0. The summed E-state index contributed by atoms with van der Waals surface area (Å²) in [7, 11) is 0. The molecular weight excluding hydrogens is 725 g/mol. The van der Waals surface area contributed by atoms with E-state index < -0.39 is 0 Å². The molecule has 1 N–H and O–H groups in total. The van der Waals surface area contributed by atoms with Crippen LogP contribution in [-0.2, 0) is 28.6 Å². The summed E-state index contributed by atoms with van der Waals surface area (Å²) >= 11 is 0. The Morgan fingerprint density at radius 3 is 1.40 bits per heavy atom. The van der Waals surface area contributed by atoms with Gasteiger partial charge in [0.15, 0.2) is 0 Å². The number of rotatable bonds is 46. The topological polar surface area (TPSA) is 94.2 Å². The number of hydrogen-bond acceptors (Lipinski definition) is 7. The molecule has 0 spiro atoms. The lowest BCUT2D eigenvalue weighted by Gasteiger charge is -2.22. The fraction of sp³-hybridized carbons (Fsp3) is 0.940. The molecule has 0 aromatic carbocycles. The number of esters is 2. The summed E-state index contributed by atoms with van der Waals surface area (Å²) in [4.78, 5) is 39.4. The molecule has 0 bridgehead atoms. The van der Waals surface area contributed by atoms with Crippen LogP contribution >= 0.6 is 0 Å². The number of amides is 1. The Morgan fingerprint density at radius 2 is 0.897 bits per heavy atom. The minimum atomic E-state index is -0.0416. The Hall–Kier alpha value is -1.67. The van der Waals surface area contributed by atoms with Crippen molar-refractivity contribution in [3.63, 3.8) is 0 Å². The van der Waals surface area contributed by atoms with Crippen LogP contribution in [0, 0.1) is 0 Å². The van der Waals surface area contributed by atoms with Gasteiger partial charge in [0.2, 0.25) is 5.91 Å². The lowest BCUT2D eigenvalue weighted by molar-refractivity contribution is -0.150. The second-order valence-electron chi connectivity index (χ2n) is 16.8. The van der Waals surface area contributed by atoms with E-state index in [0.717, 1.165) is 103 Å². The molecule has 1 amide bonds. The van der Waals surface area contributed by atoms with E-state index in [1.165, 1.54) is 122 Å². The van der Waals surface area contributed by atoms with Gasteiger partial charge in [-0.3, -0.25) is 14.4 Å². The molecule has 0 saturated carbocycles. The van der Waals surface area contributed by atoms with Gasteiger partial charge in [0.1, 0.15) is 12.7 Å². The SMILES string of the molecule is C.CCCCCCCCCOC(=O)CCCCCCCN(CCCCCCCC(=O)OC(CCCCCCCC)CCCCCCCC)CCCNC(=O)COCC. The molecule has 346 valence electrons. The van der Waals surface area contributed by atoms with Crippen LogP contribution in [0.2, 0.25) is 0 Å². The highest BCUT2D eigenvalue weighted by Gasteiger charge is 2.14. The van der Waals surface area contributed by atoms with Gasteiger partial charge in [0.25, 0.3) is 0 Å². The molecule has 0 atom stereocenters. The molecule has 0 aliphatic rings. The zero-order chi connectivity index (χ0) is 41.7. The number of nitrogens with zero attached hydrogens (tertiary/aromatic N) is 1. The maximum absolute atomic E-state index is 12.8. The maximum atomic E-state index is 12.8. The molecule has 0 aliphatic carbocycles. The van der Waals surface area contributed by atoms with Crippen LogP contribution in [-0.4, -0.2) is 74.8 Å². The molecule has 0 heterocycles. The van der Waals surface area contributed by atoms with Crippen molar-refractivity contribution in [1.82, 2.24) is 10.2 Å². The van der Waals surface area contributed by atoms with Gasteiger partial charge in [0.05, 0.1) is 6.61 Å². The summed E-state index contributed by atoms with van der Waals surface area (Å²) in [6.45, 7) is 13.7. The minimum Gasteiger partial charge on any atom is -0.466 e. The predicted molar refractivity (Wildman–Crippen MR) is 248 cm³/mol. The third-order valence-electron chi connectivity index (χ3n) is 11.2. The van der Waals surface area contributed by atoms with Crippen LogP contribution in [0.25, 0.3) is 0 Å². The van der Waals surface area contributed by atoms with Crippen molar-refractivity contribution < 1.29 is 28.6 Å². The van der Waals surface area contributed by atoms with E-state index in [1.807, 2.05) is 6.92 Å². The van der Waals surface area contributed by atoms with E-state index >= 15 is 0 Å². The van der Waals surface area contributed by atoms with Gasteiger partial charge in [-0.1, -0.05) is 169 Å². The average molecular weight is 825 g/mol. The summed E-state index contributed by atoms with van der Waals surface area (Å²) in [5.41, 5.74) is 0. The van der Waals surface area contributed by atoms with E-state index in [1.54, 1.807) is 0 Å². The summed E-state index contributed by atoms with van der Waals surface area (Å²) in [5, 5.41) is 2.98. The lowest BCUT2D eigenvalue weighted by atomic mass is 10.0. The van der Waals surface area contributed by atoms with E-state index in [0.29, 0.717) is 32.6 Å². The smallest absolute Gasteiger partial charge is 0.306 e. The van der Waals surface area contributed by atoms with Gasteiger partial charge in [-0.2, -0.15) is 0 Å². The Labute approximate surface area is 361 Å². The van der Waals surface area contributed by atoms with Gasteiger partial charge < -0.3 is 24.4 Å². The molecule has 8 nitrogen and oxygen atoms in total. The van der Waals surface area contributed by atoms with Crippen molar-refractivity contribution in [1.29, 1.82) is 0 Å². The first kappa shape index (κ1) is 58.4. The lowest BCUT2D eigenvalue weighted by Crippen LogP contribution is -2.33. The van der Waals surface area contributed by atoms with Gasteiger partial charge in [-0.05, 0) is 90.8 Å². The molecule has 0 fully saturated rings. The van der Waals surface area contributed by atoms with Gasteiger partial charge in [-0.25, -0.2) is 0 Å². The predicted octanol–water partition coefficient (Wildman–Crippen LogP) is 13.9. The minimum absolute atomic E-state index is 0. The first-order valence-corrected chi connectivity index (χ1v) is 24.9. The number of nitrogens with one attached hydrogen (secondary N) is 1. The van der Waals surface area contributed by atoms with Crippen LogP contribution in [0.5, 0.6) is 0 Å². The van der Waals surface area contributed by atoms with Crippen LogP contribution in [0.1, 0.15) is 253 Å². The Morgan fingerprint density at radius 1 is 0.483 bits per heavy atom. The highest BCUT2D eigenvalue weighted by Crippen LogP contribution is 2.19. The van der Waals surface area contributed by atoms with Crippen LogP contribution < -0.4 is 5.32 Å². The summed E-state index contributed by atoms with van der Waals surface area (Å²) in [6, 6.07) is 0. The maximum Gasteiger partial charge on any atom is 0.306 e. The highest BCUT2D eigenvalue weighted by molar-refractivity contribution is 5.77. The van der Waals surface area contributed by atoms with Crippen molar-refractivity contribution in [3.05, 3.63) is 0 Å². The van der Waals surface area contributed by atoms with Crippen molar-refractivity contribution in [2.75, 3.05) is 46.0 Å². The summed E-state index contributed by atoms with van der Waals surface area (Å²) in [6.07, 6.45) is 39.0. The quantitative estimate of drug-likeness (QED) is 0.0482. The number of unbranched alkanes of at least 4 members (excludes halogenated alkanes) is 24. The normalized spacial score (nSPS) is 11.3. The second-order valence-corrected chi connectivity index (χ2v) is 16.8. The van der Waals surface area contributed by atoms with Gasteiger partial charge in [-0.15, -0.1) is 0 Å². The molecule has 0 rings (SSSR count). The number of hydrogen-bond donors (Lipinski definition) is 1. The first-order chi connectivity index (χ1) is 28.0. The number of carbonyl (C=O) groups is 3. The molecule has 0 saturated heterocycles. The molecule has 0 aliphatic heterocycles. The van der Waals surface area contributed by atoms with Gasteiger partial charge in [0, 0.05) is 26.0 Å². The van der Waals surface area contributed by atoms with Crippen LogP contribution in [0.3, 0.4) is 0 Å². The molecule has 58 heavy (non-hydrogen) atoms. The van der Waals surface area contributed by atoms with Crippen molar-refractivity contribution in [2.24, 2.45) is 0 Å². The van der Waals surface area contributed by atoms with Crippen molar-refractivity contribution in [2.45, 2.75) is 260 Å². The largest absolute Gasteiger partial charge is 0.466 e. The summed E-state index contributed by atoms with van der Waals surface area (Å²) in [5.74, 6) is -0.0676. The summed E-state index contributed by atoms with van der Waals surface area (Å²) < 4.78 is 16.7. The first-order valence-electron chi connectivity index (χ1n) is 24.9. The van der Waals surface area contributed by atoms with Crippen molar-refractivity contribution >= 4 is 17.8 Å². The fourth-order valence-electron chi connectivity index (χ4n) is 7.51. The zero-order valence-corrected chi connectivity index (χ0v) is 38.5. The van der Waals surface area contributed by atoms with Crippen LogP contribution in [0.15, 0.2) is 0 Å². The monoisotopic (exact) mass is 825 g/mol. The standard InChI is InChI=1S/C49H96N2O6.CH4/c1-5-9-12-15-18-27-34-44-56-48(53)38-30-23-19-25-32-41-51(43-35-40-50-47(52)45-55-8-4)42-33-26-20-24-31-39-49(54)57-46(36-28-21-16-13-10-6-2)37-29-22-17-14-11-7-3;/h46H,5-45H2,1-4H3,(H,50,52);1H4. The molecule has 0 radical (unpaired) electrons. The third-order valence-corrected chi connectivity index (χ3v) is 11.2. The average Bonchev–Trinajstić information content (AvgIpc) is 3.20. The Bertz CT molecular complexity index is 855. The van der Waals surface area contributed by atoms with E-state index in [-0.39, 0.29) is 38.0 Å². The second kappa shape index (κ2) is 48.0. The third kappa shape index (κ3) is 43.9. The van der Waals surface area contributed by atoms with E-state index in [2.05, 4.69) is 31.0 Å². The van der Waals surface area contributed by atoms with Crippen molar-refractivity contribution in [3.8, 4) is 0 Å². The molecule has 0 unspecified atom stereocenters. The number of carbonyl (C=O) groups excluding carboxylic acids is 3. The molecule has 8 heteroatoms. The molecule has 0 aromatic heterocycles. The molecule has 0 aromatic rings. The number of ether oxygens (including phenoxy) is 3. The molecular formula is C50H100N2O6. The Kier molecular flexibility index (Phi) is 48.4. The van der Waals surface area contributed by atoms with Gasteiger partial charge >= 0.3 is 11.9 Å². The van der Waals surface area contributed by atoms with Crippen LogP contribution in [0.4, 0.5) is 0 Å².